The quantitative estimate of drug-likeness (QED) is 0.736. The Hall–Kier alpha value is -2.82. The largest absolute Gasteiger partial charge is 0.463 e. The van der Waals surface area contributed by atoms with Gasteiger partial charge in [-0.1, -0.05) is 20.8 Å². The summed E-state index contributed by atoms with van der Waals surface area (Å²) >= 11 is 0. The molecule has 1 fully saturated rings. The van der Waals surface area contributed by atoms with E-state index < -0.39 is 0 Å². The summed E-state index contributed by atoms with van der Waals surface area (Å²) in [5.74, 6) is 0.00484. The molecule has 0 saturated carbocycles. The number of furan rings is 1. The third-order valence-corrected chi connectivity index (χ3v) is 5.23. The van der Waals surface area contributed by atoms with E-state index in [1.807, 2.05) is 23.1 Å². The zero-order valence-electron chi connectivity index (χ0n) is 16.0. The first-order chi connectivity index (χ1) is 12.9. The van der Waals surface area contributed by atoms with Crippen LogP contribution in [0.15, 0.2) is 45.9 Å². The van der Waals surface area contributed by atoms with Gasteiger partial charge < -0.3 is 14.3 Å². The molecular weight excluding hydrogens is 340 g/mol. The highest BCUT2D eigenvalue weighted by molar-refractivity contribution is 6.07. The van der Waals surface area contributed by atoms with Crippen molar-refractivity contribution >= 4 is 16.9 Å². The number of benzene rings is 1. The summed E-state index contributed by atoms with van der Waals surface area (Å²) in [6.45, 7) is 7.88. The summed E-state index contributed by atoms with van der Waals surface area (Å²) in [4.78, 5) is 29.9. The average Bonchev–Trinajstić information content (AvgIpc) is 3.30. The number of hydrogen-bond acceptors (Lipinski definition) is 3. The molecule has 5 heteroatoms. The molecule has 4 rings (SSSR count). The third-order valence-electron chi connectivity index (χ3n) is 5.23. The Morgan fingerprint density at radius 1 is 1.19 bits per heavy atom. The minimum atomic E-state index is -0.193. The Labute approximate surface area is 158 Å². The zero-order chi connectivity index (χ0) is 19.2. The number of aromatic amines is 1. The smallest absolute Gasteiger partial charge is 0.257 e. The van der Waals surface area contributed by atoms with E-state index in [0.717, 1.165) is 48.0 Å². The van der Waals surface area contributed by atoms with Crippen molar-refractivity contribution in [1.29, 1.82) is 0 Å². The molecule has 0 atom stereocenters. The van der Waals surface area contributed by atoms with Crippen molar-refractivity contribution in [3.05, 3.63) is 58.2 Å². The lowest BCUT2D eigenvalue weighted by Crippen LogP contribution is -2.27. The van der Waals surface area contributed by atoms with Crippen LogP contribution in [0.2, 0.25) is 0 Å². The van der Waals surface area contributed by atoms with Gasteiger partial charge in [-0.15, -0.1) is 0 Å². The van der Waals surface area contributed by atoms with Gasteiger partial charge in [0.25, 0.3) is 11.5 Å². The van der Waals surface area contributed by atoms with Gasteiger partial charge in [0.15, 0.2) is 0 Å². The molecule has 0 bridgehead atoms. The molecule has 1 aliphatic rings. The molecular formula is C22H24N2O3. The van der Waals surface area contributed by atoms with Gasteiger partial charge in [0, 0.05) is 35.8 Å². The first kappa shape index (κ1) is 17.6. The maximum absolute atomic E-state index is 13.0. The van der Waals surface area contributed by atoms with Gasteiger partial charge in [-0.2, -0.15) is 0 Å². The second-order valence-electron chi connectivity index (χ2n) is 8.21. The zero-order valence-corrected chi connectivity index (χ0v) is 16.0. The van der Waals surface area contributed by atoms with E-state index in [1.165, 1.54) is 0 Å². The third kappa shape index (κ3) is 3.07. The first-order valence-electron chi connectivity index (χ1n) is 9.39. The van der Waals surface area contributed by atoms with Gasteiger partial charge in [0.05, 0.1) is 5.56 Å². The second kappa shape index (κ2) is 6.41. The molecule has 1 aromatic carbocycles. The Kier molecular flexibility index (Phi) is 4.17. The molecule has 5 nitrogen and oxygen atoms in total. The van der Waals surface area contributed by atoms with Crippen LogP contribution in [-0.4, -0.2) is 28.9 Å². The van der Waals surface area contributed by atoms with Crippen LogP contribution in [0, 0.1) is 0 Å². The highest BCUT2D eigenvalue weighted by Crippen LogP contribution is 2.37. The Balaban J connectivity index is 1.96. The highest BCUT2D eigenvalue weighted by atomic mass is 16.3. The van der Waals surface area contributed by atoms with E-state index in [2.05, 4.69) is 25.8 Å². The number of carbonyl (C=O) groups is 1. The van der Waals surface area contributed by atoms with Crippen LogP contribution in [-0.2, 0) is 5.41 Å². The number of nitrogens with zero attached hydrogens (tertiary/aromatic N) is 1. The summed E-state index contributed by atoms with van der Waals surface area (Å²) in [7, 11) is 0. The fourth-order valence-electron chi connectivity index (χ4n) is 3.75. The predicted octanol–water partition coefficient (Wildman–Crippen LogP) is 4.32. The predicted molar refractivity (Wildman–Crippen MR) is 106 cm³/mol. The Morgan fingerprint density at radius 2 is 1.93 bits per heavy atom. The van der Waals surface area contributed by atoms with E-state index >= 15 is 0 Å². The fraction of sp³-hybridized carbons (Fsp3) is 0.364. The number of H-pyrrole nitrogens is 1. The van der Waals surface area contributed by atoms with Gasteiger partial charge in [-0.25, -0.2) is 0 Å². The van der Waals surface area contributed by atoms with Gasteiger partial charge >= 0.3 is 0 Å². The number of fused-ring (bicyclic) bond motifs is 1. The monoisotopic (exact) mass is 364 g/mol. The molecule has 1 N–H and O–H groups in total. The summed E-state index contributed by atoms with van der Waals surface area (Å²) < 4.78 is 5.88. The summed E-state index contributed by atoms with van der Waals surface area (Å²) in [6, 6.07) is 7.51. The number of carbonyl (C=O) groups excluding carboxylic acids is 1. The number of pyridine rings is 1. The van der Waals surface area contributed by atoms with Gasteiger partial charge in [0.1, 0.15) is 11.8 Å². The number of hydrogen-bond donors (Lipinski definition) is 1. The summed E-state index contributed by atoms with van der Waals surface area (Å²) in [6.07, 6.45) is 5.27. The molecule has 3 aromatic rings. The normalized spacial score (nSPS) is 14.9. The minimum Gasteiger partial charge on any atom is -0.463 e. The number of likely N-dealkylation sites (tertiary alicyclic amines) is 1. The molecule has 0 radical (unpaired) electrons. The molecule has 0 unspecified atom stereocenters. The van der Waals surface area contributed by atoms with E-state index in [-0.39, 0.29) is 16.9 Å². The molecule has 3 heterocycles. The van der Waals surface area contributed by atoms with Gasteiger partial charge in [-0.05, 0) is 48.1 Å². The summed E-state index contributed by atoms with van der Waals surface area (Å²) in [5.41, 5.74) is 3.33. The molecule has 1 saturated heterocycles. The maximum Gasteiger partial charge on any atom is 0.257 e. The number of amides is 1. The topological polar surface area (TPSA) is 66.3 Å². The van der Waals surface area contributed by atoms with Crippen LogP contribution >= 0.6 is 0 Å². The van der Waals surface area contributed by atoms with Crippen molar-refractivity contribution in [2.45, 2.75) is 39.0 Å². The van der Waals surface area contributed by atoms with Crippen LogP contribution < -0.4 is 5.56 Å². The number of aromatic nitrogens is 1. The van der Waals surface area contributed by atoms with Crippen molar-refractivity contribution in [2.75, 3.05) is 13.1 Å². The molecule has 2 aromatic heterocycles. The summed E-state index contributed by atoms with van der Waals surface area (Å²) in [5, 5.41) is 0.776. The molecule has 140 valence electrons. The second-order valence-corrected chi connectivity index (χ2v) is 8.21. The highest BCUT2D eigenvalue weighted by Gasteiger charge is 2.27. The lowest BCUT2D eigenvalue weighted by Gasteiger charge is -2.20. The first-order valence-corrected chi connectivity index (χ1v) is 9.39. The molecule has 0 aliphatic carbocycles. The fourth-order valence-corrected chi connectivity index (χ4v) is 3.75. The minimum absolute atomic E-state index is 0.00484. The van der Waals surface area contributed by atoms with Gasteiger partial charge in [0.2, 0.25) is 0 Å². The molecule has 0 spiro atoms. The number of rotatable bonds is 2. The average molecular weight is 364 g/mol. The van der Waals surface area contributed by atoms with Crippen molar-refractivity contribution in [2.24, 2.45) is 0 Å². The Morgan fingerprint density at radius 3 is 2.59 bits per heavy atom. The molecule has 1 aliphatic heterocycles. The van der Waals surface area contributed by atoms with Crippen LogP contribution in [0.4, 0.5) is 0 Å². The van der Waals surface area contributed by atoms with E-state index in [9.17, 15) is 9.59 Å². The van der Waals surface area contributed by atoms with E-state index in [1.54, 1.807) is 18.5 Å². The lowest BCUT2D eigenvalue weighted by molar-refractivity contribution is 0.0794. The SMILES string of the molecule is CC(C)(C)c1cc(-c2ccc[nH]c2=O)cc2c(C(=O)N3CCCC3)coc12. The lowest BCUT2D eigenvalue weighted by atomic mass is 9.84. The molecule has 27 heavy (non-hydrogen) atoms. The van der Waals surface area contributed by atoms with Crippen molar-refractivity contribution in [3.63, 3.8) is 0 Å². The Bertz CT molecular complexity index is 1060. The van der Waals surface area contributed by atoms with Gasteiger partial charge in [-0.3, -0.25) is 9.59 Å². The van der Waals surface area contributed by atoms with Crippen molar-refractivity contribution < 1.29 is 9.21 Å². The maximum atomic E-state index is 13.0. The number of nitrogens with one attached hydrogen (secondary N) is 1. The van der Waals surface area contributed by atoms with Crippen molar-refractivity contribution in [3.8, 4) is 11.1 Å². The van der Waals surface area contributed by atoms with E-state index in [0.29, 0.717) is 11.1 Å². The van der Waals surface area contributed by atoms with Crippen LogP contribution in [0.25, 0.3) is 22.1 Å². The van der Waals surface area contributed by atoms with E-state index in [4.69, 9.17) is 4.42 Å². The standard InChI is InChI=1S/C22H24N2O3/c1-22(2,3)18-12-14(15-7-6-8-23-20(15)25)11-16-17(13-27-19(16)18)21(26)24-9-4-5-10-24/h6-8,11-13H,4-5,9-10H2,1-3H3,(H,23,25). The van der Waals surface area contributed by atoms with Crippen molar-refractivity contribution in [1.82, 2.24) is 9.88 Å². The van der Waals surface area contributed by atoms with Crippen LogP contribution in [0.3, 0.4) is 0 Å². The molecule has 1 amide bonds. The van der Waals surface area contributed by atoms with Crippen LogP contribution in [0.5, 0.6) is 0 Å². The van der Waals surface area contributed by atoms with Crippen LogP contribution in [0.1, 0.15) is 49.5 Å².